The highest BCUT2D eigenvalue weighted by molar-refractivity contribution is 7.89. The van der Waals surface area contributed by atoms with Gasteiger partial charge in [0.15, 0.2) is 0 Å². The fourth-order valence-corrected chi connectivity index (χ4v) is 4.05. The number of nitrogens with zero attached hydrogens (tertiary/aromatic N) is 3. The summed E-state index contributed by atoms with van der Waals surface area (Å²) in [6.07, 6.45) is 5.30. The Kier molecular flexibility index (Phi) is 4.76. The van der Waals surface area contributed by atoms with Crippen LogP contribution < -0.4 is 5.32 Å². The van der Waals surface area contributed by atoms with Crippen molar-refractivity contribution in [3.05, 3.63) is 47.3 Å². The molecular weight excluding hydrogens is 324 g/mol. The fourth-order valence-electron chi connectivity index (χ4n) is 3.15. The van der Waals surface area contributed by atoms with Crippen LogP contribution in [-0.4, -0.2) is 36.6 Å². The smallest absolute Gasteiger partial charge is 0.242 e. The zero-order chi connectivity index (χ0) is 17.3. The lowest BCUT2D eigenvalue weighted by atomic mass is 9.93. The molecule has 24 heavy (non-hydrogen) atoms. The Balaban J connectivity index is 1.68. The van der Waals surface area contributed by atoms with Crippen LogP contribution >= 0.6 is 0 Å². The van der Waals surface area contributed by atoms with E-state index in [9.17, 15) is 8.42 Å². The summed E-state index contributed by atoms with van der Waals surface area (Å²) in [4.78, 5) is 0.323. The van der Waals surface area contributed by atoms with E-state index >= 15 is 0 Å². The van der Waals surface area contributed by atoms with E-state index in [-0.39, 0.29) is 0 Å². The number of fused-ring (bicyclic) bond motifs is 1. The predicted octanol–water partition coefficient (Wildman–Crippen LogP) is 1.84. The third-order valence-electron chi connectivity index (χ3n) is 4.63. The molecule has 1 aliphatic carbocycles. The van der Waals surface area contributed by atoms with Gasteiger partial charge in [-0.3, -0.25) is 4.68 Å². The first-order chi connectivity index (χ1) is 11.4. The summed E-state index contributed by atoms with van der Waals surface area (Å²) in [5.41, 5.74) is 3.67. The van der Waals surface area contributed by atoms with Gasteiger partial charge in [-0.05, 0) is 37.0 Å². The van der Waals surface area contributed by atoms with Crippen LogP contribution in [0.25, 0.3) is 0 Å². The van der Waals surface area contributed by atoms with Gasteiger partial charge in [0.05, 0.1) is 11.1 Å². The highest BCUT2D eigenvalue weighted by atomic mass is 32.2. The van der Waals surface area contributed by atoms with Crippen molar-refractivity contribution in [2.45, 2.75) is 36.7 Å². The number of sulfonamides is 1. The van der Waals surface area contributed by atoms with Crippen LogP contribution in [0.1, 0.15) is 35.7 Å². The van der Waals surface area contributed by atoms with Crippen LogP contribution in [0, 0.1) is 0 Å². The first kappa shape index (κ1) is 17.1. The van der Waals surface area contributed by atoms with Crippen LogP contribution in [-0.2, 0) is 30.0 Å². The maximum absolute atomic E-state index is 12.1. The van der Waals surface area contributed by atoms with E-state index in [0.717, 1.165) is 24.8 Å². The minimum Gasteiger partial charge on any atom is -0.306 e. The van der Waals surface area contributed by atoms with E-state index in [4.69, 9.17) is 0 Å². The fraction of sp³-hybridized carbons (Fsp3) is 0.471. The second-order valence-corrected chi connectivity index (χ2v) is 8.58. The molecule has 1 unspecified atom stereocenters. The van der Waals surface area contributed by atoms with Gasteiger partial charge in [-0.15, -0.1) is 0 Å². The number of aromatic nitrogens is 2. The highest BCUT2D eigenvalue weighted by Crippen LogP contribution is 2.29. The predicted molar refractivity (Wildman–Crippen MR) is 93.0 cm³/mol. The van der Waals surface area contributed by atoms with Gasteiger partial charge in [0.25, 0.3) is 0 Å². The lowest BCUT2D eigenvalue weighted by molar-refractivity contribution is 0.452. The maximum Gasteiger partial charge on any atom is 0.242 e. The Morgan fingerprint density at radius 3 is 2.67 bits per heavy atom. The number of hydrogen-bond acceptors (Lipinski definition) is 4. The van der Waals surface area contributed by atoms with Crippen LogP contribution in [0.5, 0.6) is 0 Å². The SMILES string of the molecule is CN(C)S(=O)(=O)c1ccc(CNC2CCCc3c2cnn3C)cc1. The minimum atomic E-state index is -3.36. The minimum absolute atomic E-state index is 0.313. The van der Waals surface area contributed by atoms with Gasteiger partial charge < -0.3 is 5.32 Å². The number of hydrogen-bond donors (Lipinski definition) is 1. The molecule has 1 aliphatic rings. The highest BCUT2D eigenvalue weighted by Gasteiger charge is 2.23. The molecule has 0 saturated carbocycles. The molecule has 3 rings (SSSR count). The molecular formula is C17H24N4O2S. The molecule has 1 aromatic heterocycles. The van der Waals surface area contributed by atoms with E-state index in [1.165, 1.54) is 15.6 Å². The summed E-state index contributed by atoms with van der Waals surface area (Å²) in [6, 6.07) is 7.39. The summed E-state index contributed by atoms with van der Waals surface area (Å²) in [7, 11) is 1.71. The van der Waals surface area contributed by atoms with Gasteiger partial charge >= 0.3 is 0 Å². The van der Waals surface area contributed by atoms with Gasteiger partial charge in [-0.25, -0.2) is 12.7 Å². The van der Waals surface area contributed by atoms with Gasteiger partial charge in [0.2, 0.25) is 10.0 Å². The number of nitrogens with one attached hydrogen (secondary N) is 1. The Morgan fingerprint density at radius 1 is 1.29 bits per heavy atom. The normalized spacial score (nSPS) is 17.9. The van der Waals surface area contributed by atoms with E-state index in [0.29, 0.717) is 17.5 Å². The molecule has 1 heterocycles. The molecule has 0 radical (unpaired) electrons. The quantitative estimate of drug-likeness (QED) is 0.895. The summed E-state index contributed by atoms with van der Waals surface area (Å²) < 4.78 is 27.4. The topological polar surface area (TPSA) is 67.2 Å². The molecule has 0 spiro atoms. The van der Waals surface area contributed by atoms with Gasteiger partial charge in [-0.2, -0.15) is 5.10 Å². The van der Waals surface area contributed by atoms with Crippen molar-refractivity contribution in [3.8, 4) is 0 Å². The van der Waals surface area contributed by atoms with E-state index in [2.05, 4.69) is 10.4 Å². The van der Waals surface area contributed by atoms with E-state index < -0.39 is 10.0 Å². The standard InChI is InChI=1S/C17H24N4O2S/c1-20(2)24(22,23)14-9-7-13(8-10-14)11-18-16-5-4-6-17-15(16)12-19-21(17)3/h7-10,12,16,18H,4-6,11H2,1-3H3. The van der Waals surface area contributed by atoms with Crippen molar-refractivity contribution in [2.24, 2.45) is 7.05 Å². The van der Waals surface area contributed by atoms with Gasteiger partial charge in [0, 0.05) is 45.0 Å². The second-order valence-electron chi connectivity index (χ2n) is 6.43. The van der Waals surface area contributed by atoms with Crippen LogP contribution in [0.15, 0.2) is 35.4 Å². The summed E-state index contributed by atoms with van der Waals surface area (Å²) in [6.45, 7) is 0.710. The first-order valence-electron chi connectivity index (χ1n) is 8.15. The maximum atomic E-state index is 12.1. The Labute approximate surface area is 143 Å². The number of benzene rings is 1. The summed E-state index contributed by atoms with van der Waals surface area (Å²) in [5.74, 6) is 0. The lowest BCUT2D eigenvalue weighted by Gasteiger charge is -2.24. The van der Waals surface area contributed by atoms with Crippen molar-refractivity contribution < 1.29 is 8.42 Å². The molecule has 0 saturated heterocycles. The molecule has 1 N–H and O–H groups in total. The molecule has 6 nitrogen and oxygen atoms in total. The molecule has 2 aromatic rings. The van der Waals surface area contributed by atoms with Gasteiger partial charge in [0.1, 0.15) is 0 Å². The third-order valence-corrected chi connectivity index (χ3v) is 6.46. The monoisotopic (exact) mass is 348 g/mol. The Hall–Kier alpha value is -1.70. The molecule has 0 aliphatic heterocycles. The average Bonchev–Trinajstić information content (AvgIpc) is 2.95. The lowest BCUT2D eigenvalue weighted by Crippen LogP contribution is -2.25. The molecule has 7 heteroatoms. The van der Waals surface area contributed by atoms with E-state index in [1.54, 1.807) is 26.2 Å². The van der Waals surface area contributed by atoms with E-state index in [1.807, 2.05) is 30.1 Å². The van der Waals surface area contributed by atoms with Crippen molar-refractivity contribution >= 4 is 10.0 Å². The third kappa shape index (κ3) is 3.24. The molecule has 1 aromatic carbocycles. The van der Waals surface area contributed by atoms with Gasteiger partial charge in [-0.1, -0.05) is 12.1 Å². The van der Waals surface area contributed by atoms with Crippen molar-refractivity contribution in [1.82, 2.24) is 19.4 Å². The molecule has 130 valence electrons. The van der Waals surface area contributed by atoms with Crippen molar-refractivity contribution in [1.29, 1.82) is 0 Å². The second kappa shape index (κ2) is 6.66. The zero-order valence-corrected chi connectivity index (χ0v) is 15.2. The number of rotatable bonds is 5. The van der Waals surface area contributed by atoms with Crippen molar-refractivity contribution in [2.75, 3.05) is 14.1 Å². The largest absolute Gasteiger partial charge is 0.306 e. The molecule has 1 atom stereocenters. The molecule has 0 amide bonds. The summed E-state index contributed by atoms with van der Waals surface area (Å²) in [5, 5.41) is 7.94. The Morgan fingerprint density at radius 2 is 2.00 bits per heavy atom. The molecule has 0 fully saturated rings. The molecule has 0 bridgehead atoms. The van der Waals surface area contributed by atoms with Crippen LogP contribution in [0.2, 0.25) is 0 Å². The Bertz CT molecular complexity index is 810. The van der Waals surface area contributed by atoms with Crippen LogP contribution in [0.3, 0.4) is 0 Å². The van der Waals surface area contributed by atoms with Crippen molar-refractivity contribution in [3.63, 3.8) is 0 Å². The number of aryl methyl sites for hydroxylation is 1. The zero-order valence-electron chi connectivity index (χ0n) is 14.4. The summed E-state index contributed by atoms with van der Waals surface area (Å²) >= 11 is 0. The average molecular weight is 348 g/mol. The van der Waals surface area contributed by atoms with Crippen LogP contribution in [0.4, 0.5) is 0 Å². The first-order valence-corrected chi connectivity index (χ1v) is 9.59.